The van der Waals surface area contributed by atoms with Crippen molar-refractivity contribution in [2.24, 2.45) is 0 Å². The zero-order valence-electron chi connectivity index (χ0n) is 17.8. The average molecular weight is 459 g/mol. The molecule has 0 saturated carbocycles. The van der Waals surface area contributed by atoms with E-state index in [2.05, 4.69) is 31.8 Å². The van der Waals surface area contributed by atoms with Crippen molar-refractivity contribution in [2.75, 3.05) is 18.5 Å². The van der Waals surface area contributed by atoms with Gasteiger partial charge in [0, 0.05) is 11.4 Å². The Morgan fingerprint density at radius 2 is 1.97 bits per heavy atom. The van der Waals surface area contributed by atoms with E-state index in [1.807, 2.05) is 53.9 Å². The smallest absolute Gasteiger partial charge is 0.258 e. The number of nitrogens with zero attached hydrogens (tertiary/aromatic N) is 4. The summed E-state index contributed by atoms with van der Waals surface area (Å²) in [6.45, 7) is 1.56. The van der Waals surface area contributed by atoms with Gasteiger partial charge in [0.1, 0.15) is 17.9 Å². The van der Waals surface area contributed by atoms with Gasteiger partial charge < -0.3 is 15.4 Å². The molecule has 166 valence electrons. The number of hydrogen-bond acceptors (Lipinski definition) is 7. The van der Waals surface area contributed by atoms with Gasteiger partial charge in [-0.1, -0.05) is 36.4 Å². The van der Waals surface area contributed by atoms with Gasteiger partial charge in [-0.15, -0.1) is 11.3 Å². The van der Waals surface area contributed by atoms with Crippen molar-refractivity contribution in [3.63, 3.8) is 0 Å². The summed E-state index contributed by atoms with van der Waals surface area (Å²) in [5, 5.41) is 15.7. The van der Waals surface area contributed by atoms with Crippen LogP contribution in [0.5, 0.6) is 5.75 Å². The first-order valence-corrected chi connectivity index (χ1v) is 11.5. The Hall–Kier alpha value is -3.98. The van der Waals surface area contributed by atoms with E-state index in [1.165, 1.54) is 11.2 Å². The molecule has 0 atom stereocenters. The third kappa shape index (κ3) is 4.93. The molecular formula is C24H22N6O2S. The Labute approximate surface area is 194 Å². The monoisotopic (exact) mass is 458 g/mol. The van der Waals surface area contributed by atoms with Crippen LogP contribution in [0.4, 0.5) is 5.82 Å². The number of anilines is 1. The molecule has 0 spiro atoms. The summed E-state index contributed by atoms with van der Waals surface area (Å²) in [5.41, 5.74) is 0.723. The molecule has 0 saturated heterocycles. The first-order valence-electron chi connectivity index (χ1n) is 10.6. The Morgan fingerprint density at radius 3 is 2.85 bits per heavy atom. The van der Waals surface area contributed by atoms with Crippen LogP contribution in [0, 0.1) is 0 Å². The molecular weight excluding hydrogens is 436 g/mol. The number of nitrogens with one attached hydrogen (secondary N) is 2. The van der Waals surface area contributed by atoms with Gasteiger partial charge in [0.25, 0.3) is 5.91 Å². The van der Waals surface area contributed by atoms with Crippen LogP contribution in [0.15, 0.2) is 72.5 Å². The van der Waals surface area contributed by atoms with E-state index in [-0.39, 0.29) is 12.5 Å². The molecule has 0 aliphatic rings. The Kier molecular flexibility index (Phi) is 6.12. The van der Waals surface area contributed by atoms with E-state index in [1.54, 1.807) is 22.2 Å². The van der Waals surface area contributed by atoms with Crippen LogP contribution in [0.25, 0.3) is 21.8 Å². The normalized spacial score (nSPS) is 11.0. The fraction of sp³-hybridized carbons (Fsp3) is 0.167. The van der Waals surface area contributed by atoms with Gasteiger partial charge >= 0.3 is 0 Å². The van der Waals surface area contributed by atoms with Crippen molar-refractivity contribution >= 4 is 44.9 Å². The summed E-state index contributed by atoms with van der Waals surface area (Å²) in [7, 11) is 0. The van der Waals surface area contributed by atoms with Gasteiger partial charge in [-0.2, -0.15) is 5.10 Å². The second kappa shape index (κ2) is 9.66. The van der Waals surface area contributed by atoms with Gasteiger partial charge in [0.15, 0.2) is 12.3 Å². The molecule has 0 bridgehead atoms. The highest BCUT2D eigenvalue weighted by atomic mass is 32.1. The van der Waals surface area contributed by atoms with Crippen molar-refractivity contribution in [3.8, 4) is 5.75 Å². The lowest BCUT2D eigenvalue weighted by Crippen LogP contribution is -2.31. The second-order valence-electron chi connectivity index (χ2n) is 7.41. The highest BCUT2D eigenvalue weighted by Gasteiger charge is 2.10. The van der Waals surface area contributed by atoms with Gasteiger partial charge in [0.2, 0.25) is 0 Å². The average Bonchev–Trinajstić information content (AvgIpc) is 3.52. The predicted octanol–water partition coefficient (Wildman–Crippen LogP) is 3.85. The summed E-state index contributed by atoms with van der Waals surface area (Å²) in [6.07, 6.45) is 3.27. The summed E-state index contributed by atoms with van der Waals surface area (Å²) in [4.78, 5) is 22.2. The Morgan fingerprint density at radius 1 is 1.06 bits per heavy atom. The lowest BCUT2D eigenvalue weighted by molar-refractivity contribution is -0.123. The second-order valence-corrected chi connectivity index (χ2v) is 8.44. The minimum atomic E-state index is -0.187. The zero-order valence-corrected chi connectivity index (χ0v) is 18.6. The molecule has 0 unspecified atom stereocenters. The van der Waals surface area contributed by atoms with Gasteiger partial charge in [-0.05, 0) is 34.4 Å². The number of carbonyl (C=O) groups is 1. The number of aromatic nitrogens is 4. The maximum Gasteiger partial charge on any atom is 0.258 e. The number of benzene rings is 2. The van der Waals surface area contributed by atoms with Crippen molar-refractivity contribution in [3.05, 3.63) is 77.4 Å². The lowest BCUT2D eigenvalue weighted by Gasteiger charge is -2.09. The van der Waals surface area contributed by atoms with Crippen molar-refractivity contribution < 1.29 is 9.53 Å². The number of fused-ring (bicyclic) bond motifs is 2. The molecule has 5 aromatic rings. The third-order valence-corrected chi connectivity index (χ3v) is 6.06. The SMILES string of the molecule is O=C(COc1ccc2ccccc2c1)NCCn1ncc2c(NCc3cccs3)ncnc21. The summed E-state index contributed by atoms with van der Waals surface area (Å²) in [5.74, 6) is 1.22. The van der Waals surface area contributed by atoms with Crippen LogP contribution in [0.1, 0.15) is 4.88 Å². The molecule has 0 radical (unpaired) electrons. The number of carbonyl (C=O) groups excluding carboxylic acids is 1. The minimum absolute atomic E-state index is 0.0445. The number of hydrogen-bond donors (Lipinski definition) is 2. The van der Waals surface area contributed by atoms with Crippen LogP contribution < -0.4 is 15.4 Å². The van der Waals surface area contributed by atoms with E-state index in [9.17, 15) is 4.79 Å². The molecule has 2 aromatic carbocycles. The maximum atomic E-state index is 12.2. The number of ether oxygens (including phenoxy) is 1. The molecule has 2 N–H and O–H groups in total. The van der Waals surface area contributed by atoms with Crippen LogP contribution in [-0.4, -0.2) is 38.8 Å². The van der Waals surface area contributed by atoms with E-state index in [0.717, 1.165) is 27.6 Å². The van der Waals surface area contributed by atoms with Crippen molar-refractivity contribution in [1.82, 2.24) is 25.1 Å². The first kappa shape index (κ1) is 20.9. The molecule has 0 fully saturated rings. The largest absolute Gasteiger partial charge is 0.484 e. The van der Waals surface area contributed by atoms with Gasteiger partial charge in [-0.25, -0.2) is 14.6 Å². The van der Waals surface area contributed by atoms with Crippen molar-refractivity contribution in [2.45, 2.75) is 13.1 Å². The van der Waals surface area contributed by atoms with Crippen molar-refractivity contribution in [1.29, 1.82) is 0 Å². The van der Waals surface area contributed by atoms with E-state index >= 15 is 0 Å². The Bertz CT molecular complexity index is 1380. The molecule has 3 heterocycles. The summed E-state index contributed by atoms with van der Waals surface area (Å²) >= 11 is 1.69. The van der Waals surface area contributed by atoms with Crippen LogP contribution in [0.2, 0.25) is 0 Å². The first-order chi connectivity index (χ1) is 16.3. The van der Waals surface area contributed by atoms with Crippen LogP contribution in [-0.2, 0) is 17.9 Å². The Balaban J connectivity index is 1.13. The molecule has 0 aliphatic carbocycles. The molecule has 9 heteroatoms. The number of amides is 1. The van der Waals surface area contributed by atoms with E-state index < -0.39 is 0 Å². The highest BCUT2D eigenvalue weighted by molar-refractivity contribution is 7.09. The molecule has 33 heavy (non-hydrogen) atoms. The number of rotatable bonds is 9. The quantitative estimate of drug-likeness (QED) is 0.349. The fourth-order valence-corrected chi connectivity index (χ4v) is 4.18. The van der Waals surface area contributed by atoms with E-state index in [4.69, 9.17) is 4.74 Å². The molecule has 8 nitrogen and oxygen atoms in total. The lowest BCUT2D eigenvalue weighted by atomic mass is 10.1. The molecule has 5 rings (SSSR count). The summed E-state index contributed by atoms with van der Waals surface area (Å²) in [6, 6.07) is 17.9. The van der Waals surface area contributed by atoms with E-state index in [0.29, 0.717) is 25.4 Å². The zero-order chi connectivity index (χ0) is 22.5. The fourth-order valence-electron chi connectivity index (χ4n) is 3.54. The van der Waals surface area contributed by atoms with Crippen LogP contribution in [0.3, 0.4) is 0 Å². The van der Waals surface area contributed by atoms with Crippen LogP contribution >= 0.6 is 11.3 Å². The molecule has 1 amide bonds. The van der Waals surface area contributed by atoms with Gasteiger partial charge in [-0.3, -0.25) is 4.79 Å². The predicted molar refractivity (Wildman–Crippen MR) is 129 cm³/mol. The topological polar surface area (TPSA) is 94.0 Å². The number of thiophene rings is 1. The minimum Gasteiger partial charge on any atom is -0.484 e. The van der Waals surface area contributed by atoms with Gasteiger partial charge in [0.05, 0.1) is 24.7 Å². The third-order valence-electron chi connectivity index (χ3n) is 5.18. The summed E-state index contributed by atoms with van der Waals surface area (Å²) < 4.78 is 7.41. The standard InChI is InChI=1S/C24H22N6O2S/c31-22(15-32-19-8-7-17-4-1-2-5-18(17)12-19)25-9-10-30-24-21(14-29-30)23(27-16-28-24)26-13-20-6-3-11-33-20/h1-8,11-12,14,16H,9-10,13,15H2,(H,25,31)(H,26,27,28). The molecule has 0 aliphatic heterocycles. The molecule has 3 aromatic heterocycles. The maximum absolute atomic E-state index is 12.2. The highest BCUT2D eigenvalue weighted by Crippen LogP contribution is 2.21.